The number of ether oxygens (including phenoxy) is 3. The average Bonchev–Trinajstić information content (AvgIpc) is 3.08. The molecule has 292 valence electrons. The minimum absolute atomic E-state index is 0.00271. The molecule has 17 heteroatoms. The van der Waals surface area contributed by atoms with Crippen LogP contribution in [0.25, 0.3) is 0 Å². The van der Waals surface area contributed by atoms with Gasteiger partial charge in [0.25, 0.3) is 0 Å². The van der Waals surface area contributed by atoms with E-state index in [0.29, 0.717) is 25.9 Å². The molecule has 1 aromatic carbocycles. The third-order valence-electron chi connectivity index (χ3n) is 6.98. The smallest absolute Gasteiger partial charge is 0.410 e. The summed E-state index contributed by atoms with van der Waals surface area (Å²) in [7, 11) is 2.51. The second kappa shape index (κ2) is 25.1. The van der Waals surface area contributed by atoms with Crippen LogP contribution < -0.4 is 21.3 Å². The molecule has 0 aliphatic rings. The Morgan fingerprint density at radius 3 is 1.65 bits per heavy atom. The summed E-state index contributed by atoms with van der Waals surface area (Å²) in [6.07, 6.45) is 0.645. The molecule has 15 nitrogen and oxygen atoms in total. The molecule has 1 rings (SSSR count). The van der Waals surface area contributed by atoms with Gasteiger partial charge in [-0.3, -0.25) is 19.2 Å². The molecule has 5 amide bonds. The first-order chi connectivity index (χ1) is 24.6. The van der Waals surface area contributed by atoms with Gasteiger partial charge in [-0.25, -0.2) is 14.4 Å². The molecule has 2 atom stereocenters. The van der Waals surface area contributed by atoms with Gasteiger partial charge in [-0.15, -0.1) is 23.5 Å². The lowest BCUT2D eigenvalue weighted by molar-refractivity contribution is -0.146. The van der Waals surface area contributed by atoms with Crippen molar-refractivity contribution in [2.24, 2.45) is 5.92 Å². The van der Waals surface area contributed by atoms with Crippen molar-refractivity contribution in [2.45, 2.75) is 71.6 Å². The topological polar surface area (TPSA) is 199 Å². The van der Waals surface area contributed by atoms with Gasteiger partial charge < -0.3 is 40.4 Å². The van der Waals surface area contributed by atoms with Crippen molar-refractivity contribution in [3.63, 3.8) is 0 Å². The van der Waals surface area contributed by atoms with Gasteiger partial charge in [0.2, 0.25) is 23.6 Å². The van der Waals surface area contributed by atoms with Crippen LogP contribution in [0, 0.1) is 5.92 Å². The van der Waals surface area contributed by atoms with E-state index in [1.54, 1.807) is 34.6 Å². The number of nitrogens with zero attached hydrogens (tertiary/aromatic N) is 1. The molecule has 0 aromatic heterocycles. The first-order valence-corrected chi connectivity index (χ1v) is 19.3. The number of carbonyl (C=O) groups excluding carboxylic acids is 7. The zero-order valence-corrected chi connectivity index (χ0v) is 32.9. The Morgan fingerprint density at radius 1 is 0.712 bits per heavy atom. The molecular formula is C35H55N5O10S2. The summed E-state index contributed by atoms with van der Waals surface area (Å²) in [5.41, 5.74) is 0.155. The predicted octanol–water partition coefficient (Wildman–Crippen LogP) is 1.92. The van der Waals surface area contributed by atoms with Crippen LogP contribution in [-0.2, 0) is 49.4 Å². The molecule has 1 aromatic rings. The van der Waals surface area contributed by atoms with Crippen molar-refractivity contribution >= 4 is 65.2 Å². The molecule has 0 saturated carbocycles. The van der Waals surface area contributed by atoms with Crippen molar-refractivity contribution in [1.29, 1.82) is 0 Å². The van der Waals surface area contributed by atoms with E-state index in [1.165, 1.54) is 19.1 Å². The van der Waals surface area contributed by atoms with E-state index in [4.69, 9.17) is 14.2 Å². The van der Waals surface area contributed by atoms with Crippen molar-refractivity contribution in [3.8, 4) is 0 Å². The Morgan fingerprint density at radius 2 is 1.19 bits per heavy atom. The molecule has 0 spiro atoms. The molecule has 4 N–H and O–H groups in total. The van der Waals surface area contributed by atoms with Gasteiger partial charge >= 0.3 is 18.0 Å². The highest BCUT2D eigenvalue weighted by Gasteiger charge is 2.25. The standard InChI is InChI=1S/C35H55N5O10S2/c1-24(2)31(33(46)49-7)39-30(44)23-52-21-28(42)37-16-12-18-40(34(47)50-35(3,4)5)17-11-15-36-27(41)20-51-22-29(43)38-26(32(45)48-6)19-25-13-9-8-10-14-25/h8-10,13-14,24,26,31H,11-12,15-23H2,1-7H3,(H,36,41)(H,37,42)(H,38,43)(H,39,44)/t26-,31-/m0/s1. The highest BCUT2D eigenvalue weighted by Crippen LogP contribution is 2.11. The number of nitrogens with one attached hydrogen (secondary N) is 4. The molecule has 0 heterocycles. The fourth-order valence-electron chi connectivity index (χ4n) is 4.45. The third-order valence-corrected chi connectivity index (χ3v) is 8.85. The SMILES string of the molecule is COC(=O)[C@H](Cc1ccccc1)NC(=O)CSCC(=O)NCCCN(CCCNC(=O)CSCC(=O)N[C@H](C(=O)OC)C(C)C)C(=O)OC(C)(C)C. The van der Waals surface area contributed by atoms with Gasteiger partial charge in [0.15, 0.2) is 0 Å². The molecule has 0 bridgehead atoms. The van der Waals surface area contributed by atoms with Crippen molar-refractivity contribution in [3.05, 3.63) is 35.9 Å². The van der Waals surface area contributed by atoms with E-state index in [0.717, 1.165) is 29.1 Å². The lowest BCUT2D eigenvalue weighted by atomic mass is 10.1. The summed E-state index contributed by atoms with van der Waals surface area (Å²) >= 11 is 2.22. The molecular weight excluding hydrogens is 715 g/mol. The van der Waals surface area contributed by atoms with Gasteiger partial charge in [0, 0.05) is 32.6 Å². The summed E-state index contributed by atoms with van der Waals surface area (Å²) in [4.78, 5) is 87.7. The molecule has 0 aliphatic heterocycles. The number of thioether (sulfide) groups is 2. The number of hydrogen-bond acceptors (Lipinski definition) is 12. The average molecular weight is 770 g/mol. The van der Waals surface area contributed by atoms with Crippen LogP contribution in [0.3, 0.4) is 0 Å². The Hall–Kier alpha value is -3.99. The second-order valence-corrected chi connectivity index (χ2v) is 15.0. The van der Waals surface area contributed by atoms with Crippen LogP contribution in [0.2, 0.25) is 0 Å². The number of esters is 2. The highest BCUT2D eigenvalue weighted by molar-refractivity contribution is 8.00. The third kappa shape index (κ3) is 20.8. The van der Waals surface area contributed by atoms with Crippen molar-refractivity contribution in [2.75, 3.05) is 63.4 Å². The molecule has 0 unspecified atom stereocenters. The van der Waals surface area contributed by atoms with E-state index in [9.17, 15) is 33.6 Å². The quantitative estimate of drug-likeness (QED) is 0.0718. The van der Waals surface area contributed by atoms with E-state index in [2.05, 4.69) is 21.3 Å². The number of carbonyl (C=O) groups is 7. The van der Waals surface area contributed by atoms with E-state index >= 15 is 0 Å². The first-order valence-electron chi connectivity index (χ1n) is 17.0. The van der Waals surface area contributed by atoms with Crippen LogP contribution >= 0.6 is 23.5 Å². The normalized spacial score (nSPS) is 12.2. The number of hydrogen-bond donors (Lipinski definition) is 4. The van der Waals surface area contributed by atoms with Gasteiger partial charge in [-0.1, -0.05) is 44.2 Å². The summed E-state index contributed by atoms with van der Waals surface area (Å²) in [6.45, 7) is 10.0. The summed E-state index contributed by atoms with van der Waals surface area (Å²) < 4.78 is 15.1. The van der Waals surface area contributed by atoms with Gasteiger partial charge in [0.05, 0.1) is 37.2 Å². The summed E-state index contributed by atoms with van der Waals surface area (Å²) in [5, 5.41) is 10.8. The number of methoxy groups -OCH3 is 2. The molecule has 0 radical (unpaired) electrons. The van der Waals surface area contributed by atoms with Gasteiger partial charge in [-0.2, -0.15) is 0 Å². The maximum Gasteiger partial charge on any atom is 0.410 e. The second-order valence-electron chi connectivity index (χ2n) is 13.0. The van der Waals surface area contributed by atoms with Crippen molar-refractivity contribution in [1.82, 2.24) is 26.2 Å². The van der Waals surface area contributed by atoms with E-state index in [-0.39, 0.29) is 66.2 Å². The van der Waals surface area contributed by atoms with Crippen LogP contribution in [0.5, 0.6) is 0 Å². The lowest BCUT2D eigenvalue weighted by Gasteiger charge is -2.27. The molecule has 0 saturated heterocycles. The van der Waals surface area contributed by atoms with Crippen LogP contribution in [0.15, 0.2) is 30.3 Å². The minimum atomic E-state index is -0.846. The van der Waals surface area contributed by atoms with Crippen LogP contribution in [0.1, 0.15) is 53.0 Å². The van der Waals surface area contributed by atoms with E-state index < -0.39 is 41.6 Å². The summed E-state index contributed by atoms with van der Waals surface area (Å²) in [5.74, 6) is -2.53. The largest absolute Gasteiger partial charge is 0.467 e. The minimum Gasteiger partial charge on any atom is -0.467 e. The van der Waals surface area contributed by atoms with Gasteiger partial charge in [0.1, 0.15) is 17.7 Å². The Labute approximate surface area is 315 Å². The summed E-state index contributed by atoms with van der Waals surface area (Å²) in [6, 6.07) is 7.62. The molecule has 52 heavy (non-hydrogen) atoms. The maximum absolute atomic E-state index is 12.8. The number of benzene rings is 1. The highest BCUT2D eigenvalue weighted by atomic mass is 32.2. The monoisotopic (exact) mass is 769 g/mol. The predicted molar refractivity (Wildman–Crippen MR) is 201 cm³/mol. The number of rotatable bonds is 23. The Balaban J connectivity index is 2.42. The zero-order valence-electron chi connectivity index (χ0n) is 31.2. The first kappa shape index (κ1) is 46.0. The molecule has 0 fully saturated rings. The van der Waals surface area contributed by atoms with E-state index in [1.807, 2.05) is 30.3 Å². The lowest BCUT2D eigenvalue weighted by Crippen LogP contribution is -2.45. The Bertz CT molecular complexity index is 1310. The van der Waals surface area contributed by atoms with Crippen molar-refractivity contribution < 1.29 is 47.8 Å². The fraction of sp³-hybridized carbons (Fsp3) is 0.629. The van der Waals surface area contributed by atoms with Crippen LogP contribution in [-0.4, -0.2) is 128 Å². The van der Waals surface area contributed by atoms with Gasteiger partial charge in [-0.05, 0) is 45.1 Å². The Kier molecular flexibility index (Phi) is 22.2. The number of amides is 5. The fourth-order valence-corrected chi connectivity index (χ4v) is 5.77. The maximum atomic E-state index is 12.8. The van der Waals surface area contributed by atoms with Crippen LogP contribution in [0.4, 0.5) is 4.79 Å². The zero-order chi connectivity index (χ0) is 39.1. The molecule has 0 aliphatic carbocycles.